The molecule has 7 aromatic carbocycles. The van der Waals surface area contributed by atoms with Gasteiger partial charge in [-0.1, -0.05) is 142 Å². The monoisotopic (exact) mass is 822 g/mol. The fraction of sp³-hybridized carbons (Fsp3) is 0.288. The minimum Gasteiger partial charge on any atom is -0.456 e. The summed E-state index contributed by atoms with van der Waals surface area (Å²) in [5.74, 6) is 0. The normalized spacial score (nSPS) is 16.2. The van der Waals surface area contributed by atoms with Crippen LogP contribution >= 0.6 is 0 Å². The minimum atomic E-state index is -0.126. The van der Waals surface area contributed by atoms with Crippen LogP contribution in [0.1, 0.15) is 110 Å². The molecular formula is C59H59BN2O. The highest BCUT2D eigenvalue weighted by Gasteiger charge is 2.48. The summed E-state index contributed by atoms with van der Waals surface area (Å²) in [7, 11) is 0. The second kappa shape index (κ2) is 13.5. The van der Waals surface area contributed by atoms with Crippen molar-refractivity contribution in [3.05, 3.63) is 161 Å². The van der Waals surface area contributed by atoms with E-state index in [0.29, 0.717) is 0 Å². The zero-order valence-electron chi connectivity index (χ0n) is 39.0. The molecule has 0 unspecified atom stereocenters. The molecular weight excluding hydrogens is 763 g/mol. The number of hydrogen-bond acceptors (Lipinski definition) is 3. The molecule has 0 saturated heterocycles. The molecule has 63 heavy (non-hydrogen) atoms. The van der Waals surface area contributed by atoms with Crippen molar-refractivity contribution >= 4 is 68.1 Å². The molecule has 11 rings (SSSR count). The van der Waals surface area contributed by atoms with Crippen LogP contribution < -0.4 is 20.6 Å². The maximum Gasteiger partial charge on any atom is 0.333 e. The van der Waals surface area contributed by atoms with Crippen LogP contribution in [0.2, 0.25) is 0 Å². The SMILES string of the molecule is Cc1cc2c3c(c1)N(c1ccc(C(C)(C)C)cc1-c1ccccc1)c1cc4c(cc1B3N(c1ccc(C(C)(C)C)cc1)c1cc3c(cc1-2)C(C)(C)CCC3(C)C)oc1ccccc14. The Hall–Kier alpha value is -6.00. The van der Waals surface area contributed by atoms with Gasteiger partial charge in [0.25, 0.3) is 0 Å². The van der Waals surface area contributed by atoms with Crippen LogP contribution in [0.4, 0.5) is 28.4 Å². The second-order valence-electron chi connectivity index (χ2n) is 22.2. The summed E-state index contributed by atoms with van der Waals surface area (Å²) in [6.45, 7) is 25.9. The first kappa shape index (κ1) is 39.8. The first-order valence-electron chi connectivity index (χ1n) is 23.1. The largest absolute Gasteiger partial charge is 0.456 e. The van der Waals surface area contributed by atoms with Gasteiger partial charge in [-0.2, -0.15) is 0 Å². The predicted octanol–water partition coefficient (Wildman–Crippen LogP) is 15.2. The van der Waals surface area contributed by atoms with E-state index in [1.54, 1.807) is 0 Å². The quantitative estimate of drug-likeness (QED) is 0.166. The molecule has 0 amide bonds. The van der Waals surface area contributed by atoms with Crippen LogP contribution in [0.5, 0.6) is 0 Å². The van der Waals surface area contributed by atoms with Crippen molar-refractivity contribution in [3.63, 3.8) is 0 Å². The fourth-order valence-corrected chi connectivity index (χ4v) is 11.1. The summed E-state index contributed by atoms with van der Waals surface area (Å²) in [5, 5.41) is 2.27. The van der Waals surface area contributed by atoms with Gasteiger partial charge in [-0.05, 0) is 152 Å². The lowest BCUT2D eigenvalue weighted by molar-refractivity contribution is 0.332. The van der Waals surface area contributed by atoms with Crippen molar-refractivity contribution in [2.75, 3.05) is 9.71 Å². The molecule has 3 heterocycles. The van der Waals surface area contributed by atoms with Crippen LogP contribution in [0.25, 0.3) is 44.2 Å². The highest BCUT2D eigenvalue weighted by molar-refractivity contribution is 6.93. The van der Waals surface area contributed by atoms with E-state index in [1.807, 2.05) is 0 Å². The van der Waals surface area contributed by atoms with Gasteiger partial charge in [-0.3, -0.25) is 0 Å². The van der Waals surface area contributed by atoms with Gasteiger partial charge in [0, 0.05) is 44.6 Å². The molecule has 0 N–H and O–H groups in total. The Balaban J connectivity index is 1.29. The van der Waals surface area contributed by atoms with Crippen LogP contribution in [-0.2, 0) is 21.7 Å². The molecule has 0 fully saturated rings. The van der Waals surface area contributed by atoms with Gasteiger partial charge in [0.2, 0.25) is 0 Å². The van der Waals surface area contributed by atoms with Gasteiger partial charge in [0.15, 0.2) is 0 Å². The van der Waals surface area contributed by atoms with Crippen molar-refractivity contribution in [1.29, 1.82) is 0 Å². The molecule has 4 heteroatoms. The Morgan fingerprint density at radius 2 is 1.17 bits per heavy atom. The molecule has 0 spiro atoms. The summed E-state index contributed by atoms with van der Waals surface area (Å²) in [4.78, 5) is 5.29. The highest BCUT2D eigenvalue weighted by Crippen LogP contribution is 2.54. The van der Waals surface area contributed by atoms with Crippen molar-refractivity contribution in [3.8, 4) is 22.3 Å². The van der Waals surface area contributed by atoms with E-state index in [0.717, 1.165) is 28.4 Å². The molecule has 8 aromatic rings. The first-order valence-corrected chi connectivity index (χ1v) is 23.1. The van der Waals surface area contributed by atoms with E-state index in [-0.39, 0.29) is 28.5 Å². The maximum atomic E-state index is 6.81. The number of benzene rings is 7. The lowest BCUT2D eigenvalue weighted by Crippen LogP contribution is -2.61. The molecule has 2 aliphatic heterocycles. The molecule has 0 atom stereocenters. The van der Waals surface area contributed by atoms with Gasteiger partial charge in [0.1, 0.15) is 11.2 Å². The van der Waals surface area contributed by atoms with Crippen molar-refractivity contribution in [2.24, 2.45) is 0 Å². The van der Waals surface area contributed by atoms with E-state index in [1.165, 1.54) is 95.9 Å². The minimum absolute atomic E-state index is 0.0223. The first-order chi connectivity index (χ1) is 29.9. The molecule has 0 bridgehead atoms. The van der Waals surface area contributed by atoms with Gasteiger partial charge in [0.05, 0.1) is 5.69 Å². The fourth-order valence-electron chi connectivity index (χ4n) is 11.1. The topological polar surface area (TPSA) is 19.6 Å². The zero-order valence-corrected chi connectivity index (χ0v) is 39.0. The summed E-state index contributed by atoms with van der Waals surface area (Å²) in [6, 6.07) is 51.1. The third-order valence-corrected chi connectivity index (χ3v) is 14.9. The van der Waals surface area contributed by atoms with Crippen molar-refractivity contribution < 1.29 is 4.42 Å². The standard InChI is InChI=1S/C59H59BN2O/c1-36-29-45-43-32-46-47(59(10,11)28-27-58(46,8)9)34-50(43)62(40-24-21-38(22-25-40)56(2,3)4)60-48-35-54-44(41-19-15-16-20-53(41)63-54)33-51(48)61(52(30-36)55(45)60)49-26-23-39(57(5,6)7)31-42(49)37-17-13-12-14-18-37/h12-26,29-35H,27-28H2,1-11H3. The number of furan rings is 1. The van der Waals surface area contributed by atoms with Crippen molar-refractivity contribution in [2.45, 2.75) is 111 Å². The number of rotatable bonds is 3. The summed E-state index contributed by atoms with van der Waals surface area (Å²) >= 11 is 0. The Bertz CT molecular complexity index is 3160. The predicted molar refractivity (Wildman–Crippen MR) is 270 cm³/mol. The second-order valence-corrected chi connectivity index (χ2v) is 22.2. The molecule has 314 valence electrons. The zero-order chi connectivity index (χ0) is 44.0. The smallest absolute Gasteiger partial charge is 0.333 e. The van der Waals surface area contributed by atoms with Crippen LogP contribution in [0, 0.1) is 6.92 Å². The van der Waals surface area contributed by atoms with E-state index < -0.39 is 0 Å². The molecule has 0 saturated carbocycles. The van der Waals surface area contributed by atoms with E-state index in [9.17, 15) is 0 Å². The number of aryl methyl sites for hydroxylation is 1. The molecule has 3 aliphatic rings. The molecule has 1 aromatic heterocycles. The third kappa shape index (κ3) is 6.15. The van der Waals surface area contributed by atoms with Gasteiger partial charge in [-0.25, -0.2) is 0 Å². The van der Waals surface area contributed by atoms with Crippen LogP contribution in [-0.4, -0.2) is 6.85 Å². The van der Waals surface area contributed by atoms with Crippen LogP contribution in [0.3, 0.4) is 0 Å². The highest BCUT2D eigenvalue weighted by atomic mass is 16.3. The van der Waals surface area contributed by atoms with Gasteiger partial charge >= 0.3 is 6.85 Å². The van der Waals surface area contributed by atoms with Crippen molar-refractivity contribution in [1.82, 2.24) is 0 Å². The molecule has 3 nitrogen and oxygen atoms in total. The lowest BCUT2D eigenvalue weighted by Gasteiger charge is -2.48. The number of hydrogen-bond donors (Lipinski definition) is 0. The lowest BCUT2D eigenvalue weighted by atomic mass is 9.43. The van der Waals surface area contributed by atoms with E-state index in [2.05, 4.69) is 219 Å². The Labute approximate surface area is 374 Å². The maximum absolute atomic E-state index is 6.81. The summed E-state index contributed by atoms with van der Waals surface area (Å²) in [5.41, 5.74) is 22.5. The third-order valence-electron chi connectivity index (χ3n) is 14.9. The molecule has 1 aliphatic carbocycles. The average Bonchev–Trinajstić information content (AvgIpc) is 3.61. The van der Waals surface area contributed by atoms with E-state index in [4.69, 9.17) is 4.42 Å². The average molecular weight is 823 g/mol. The summed E-state index contributed by atoms with van der Waals surface area (Å²) in [6.07, 6.45) is 2.33. The number of para-hydroxylation sites is 1. The summed E-state index contributed by atoms with van der Waals surface area (Å²) < 4.78 is 6.81. The van der Waals surface area contributed by atoms with Gasteiger partial charge < -0.3 is 14.1 Å². The van der Waals surface area contributed by atoms with Gasteiger partial charge in [-0.15, -0.1) is 0 Å². The number of nitrogens with zero attached hydrogens (tertiary/aromatic N) is 2. The molecule has 0 radical (unpaired) electrons. The Morgan fingerprint density at radius 3 is 1.87 bits per heavy atom. The Kier molecular flexibility index (Phi) is 8.54. The van der Waals surface area contributed by atoms with Crippen LogP contribution in [0.15, 0.2) is 138 Å². The number of anilines is 5. The number of fused-ring (bicyclic) bond motifs is 8. The van der Waals surface area contributed by atoms with E-state index >= 15 is 0 Å². The Morgan fingerprint density at radius 1 is 0.524 bits per heavy atom.